The Balaban J connectivity index is 2.27. The lowest BCUT2D eigenvalue weighted by Crippen LogP contribution is -2.57. The van der Waals surface area contributed by atoms with E-state index in [1.54, 1.807) is 6.07 Å². The highest BCUT2D eigenvalue weighted by Crippen LogP contribution is 2.30. The molecule has 0 saturated carbocycles. The van der Waals surface area contributed by atoms with Crippen LogP contribution in [0.1, 0.15) is 32.8 Å². The maximum Gasteiger partial charge on any atom is 0.137 e. The molecule has 1 aliphatic heterocycles. The average Bonchev–Trinajstić information content (AvgIpc) is 2.43. The first kappa shape index (κ1) is 15.8. The van der Waals surface area contributed by atoms with Gasteiger partial charge in [-0.1, -0.05) is 20.3 Å². The number of rotatable bonds is 3. The molecule has 0 bridgehead atoms. The van der Waals surface area contributed by atoms with E-state index in [1.165, 1.54) is 6.42 Å². The Morgan fingerprint density at radius 2 is 2.20 bits per heavy atom. The minimum atomic E-state index is -0.187. The van der Waals surface area contributed by atoms with Gasteiger partial charge in [0.15, 0.2) is 0 Å². The number of hydrogen-bond donors (Lipinski definition) is 1. The largest absolute Gasteiger partial charge is 0.366 e. The van der Waals surface area contributed by atoms with Gasteiger partial charge in [-0.05, 0) is 53.4 Å². The lowest BCUT2D eigenvalue weighted by atomic mass is 9.95. The number of piperazine rings is 1. The van der Waals surface area contributed by atoms with Gasteiger partial charge in [-0.3, -0.25) is 0 Å². The fourth-order valence-corrected chi connectivity index (χ4v) is 3.17. The van der Waals surface area contributed by atoms with Crippen molar-refractivity contribution in [3.63, 3.8) is 0 Å². The zero-order valence-electron chi connectivity index (χ0n) is 12.7. The highest BCUT2D eigenvalue weighted by atomic mass is 79.9. The third-order valence-corrected chi connectivity index (χ3v) is 5.09. The van der Waals surface area contributed by atoms with Crippen LogP contribution in [0.2, 0.25) is 0 Å². The van der Waals surface area contributed by atoms with E-state index < -0.39 is 0 Å². The molecule has 1 aliphatic rings. The van der Waals surface area contributed by atoms with Crippen molar-refractivity contribution in [3.8, 4) is 0 Å². The van der Waals surface area contributed by atoms with E-state index in [2.05, 4.69) is 46.9 Å². The number of nitrogens with zero attached hydrogens (tertiary/aromatic N) is 1. The highest BCUT2D eigenvalue weighted by Gasteiger charge is 2.28. The molecule has 1 aromatic carbocycles. The predicted octanol–water partition coefficient (Wildman–Crippen LogP) is 4.11. The number of benzene rings is 1. The minimum Gasteiger partial charge on any atom is -0.366 e. The number of halogens is 2. The summed E-state index contributed by atoms with van der Waals surface area (Å²) in [5.41, 5.74) is 2.14. The van der Waals surface area contributed by atoms with Gasteiger partial charge in [0.1, 0.15) is 5.82 Å². The fourth-order valence-electron chi connectivity index (χ4n) is 2.84. The second kappa shape index (κ2) is 6.44. The Morgan fingerprint density at radius 1 is 1.50 bits per heavy atom. The molecular weight excluding hydrogens is 319 g/mol. The van der Waals surface area contributed by atoms with E-state index in [1.807, 2.05) is 13.0 Å². The van der Waals surface area contributed by atoms with Crippen LogP contribution in [0.15, 0.2) is 16.6 Å². The number of nitrogens with one attached hydrogen (secondary N) is 1. The molecule has 2 nitrogen and oxygen atoms in total. The van der Waals surface area contributed by atoms with Crippen LogP contribution in [0.5, 0.6) is 0 Å². The summed E-state index contributed by atoms with van der Waals surface area (Å²) in [6, 6.07) is 4.46. The second-order valence-electron chi connectivity index (χ2n) is 5.95. The Kier molecular flexibility index (Phi) is 5.08. The lowest BCUT2D eigenvalue weighted by molar-refractivity contribution is 0.315. The van der Waals surface area contributed by atoms with Crippen molar-refractivity contribution < 1.29 is 4.39 Å². The van der Waals surface area contributed by atoms with Crippen molar-refractivity contribution in [2.24, 2.45) is 5.92 Å². The number of aryl methyl sites for hydroxylation is 1. The van der Waals surface area contributed by atoms with E-state index in [9.17, 15) is 4.39 Å². The first-order valence-electron chi connectivity index (χ1n) is 7.39. The molecule has 1 N–H and O–H groups in total. The molecule has 0 radical (unpaired) electrons. The van der Waals surface area contributed by atoms with Crippen LogP contribution in [0, 0.1) is 18.7 Å². The van der Waals surface area contributed by atoms with Gasteiger partial charge in [-0.25, -0.2) is 4.39 Å². The third-order valence-electron chi connectivity index (χ3n) is 4.48. The van der Waals surface area contributed by atoms with Crippen LogP contribution in [-0.4, -0.2) is 25.2 Å². The third kappa shape index (κ3) is 3.17. The van der Waals surface area contributed by atoms with E-state index in [-0.39, 0.29) is 5.82 Å². The van der Waals surface area contributed by atoms with Crippen LogP contribution < -0.4 is 10.2 Å². The predicted molar refractivity (Wildman–Crippen MR) is 86.9 cm³/mol. The van der Waals surface area contributed by atoms with E-state index in [0.29, 0.717) is 22.5 Å². The summed E-state index contributed by atoms with van der Waals surface area (Å²) in [4.78, 5) is 2.41. The molecule has 0 spiro atoms. The summed E-state index contributed by atoms with van der Waals surface area (Å²) < 4.78 is 14.2. The van der Waals surface area contributed by atoms with Crippen LogP contribution in [0.3, 0.4) is 0 Å². The molecule has 1 aromatic rings. The molecule has 0 amide bonds. The summed E-state index contributed by atoms with van der Waals surface area (Å²) in [7, 11) is 0. The number of anilines is 1. The average molecular weight is 343 g/mol. The molecule has 3 atom stereocenters. The Hall–Kier alpha value is -0.610. The molecule has 20 heavy (non-hydrogen) atoms. The first-order chi connectivity index (χ1) is 9.43. The smallest absolute Gasteiger partial charge is 0.137 e. The maximum absolute atomic E-state index is 13.6. The van der Waals surface area contributed by atoms with Gasteiger partial charge in [-0.15, -0.1) is 0 Å². The van der Waals surface area contributed by atoms with Gasteiger partial charge >= 0.3 is 0 Å². The van der Waals surface area contributed by atoms with Gasteiger partial charge in [0, 0.05) is 30.9 Å². The normalized spacial score (nSPS) is 24.8. The van der Waals surface area contributed by atoms with Gasteiger partial charge in [0.05, 0.1) is 4.47 Å². The van der Waals surface area contributed by atoms with Crippen LogP contribution in [-0.2, 0) is 0 Å². The van der Waals surface area contributed by atoms with Crippen LogP contribution in [0.25, 0.3) is 0 Å². The van der Waals surface area contributed by atoms with Crippen molar-refractivity contribution >= 4 is 21.6 Å². The van der Waals surface area contributed by atoms with Crippen molar-refractivity contribution in [3.05, 3.63) is 28.0 Å². The standard InChI is InChI=1S/C16H24BrFN2/c1-5-10(2)15-9-20(12(4)8-19-15)16-7-13(17)14(18)6-11(16)3/h6-7,10,12,15,19H,5,8-9H2,1-4H3. The van der Waals surface area contributed by atoms with Crippen molar-refractivity contribution in [2.45, 2.75) is 46.2 Å². The second-order valence-corrected chi connectivity index (χ2v) is 6.81. The summed E-state index contributed by atoms with van der Waals surface area (Å²) in [6.45, 7) is 10.7. The first-order valence-corrected chi connectivity index (χ1v) is 8.19. The molecule has 3 unspecified atom stereocenters. The zero-order chi connectivity index (χ0) is 14.9. The zero-order valence-corrected chi connectivity index (χ0v) is 14.3. The minimum absolute atomic E-state index is 0.187. The number of hydrogen-bond acceptors (Lipinski definition) is 2. The lowest BCUT2D eigenvalue weighted by Gasteiger charge is -2.43. The molecule has 1 heterocycles. The quantitative estimate of drug-likeness (QED) is 0.889. The van der Waals surface area contributed by atoms with Crippen molar-refractivity contribution in [1.82, 2.24) is 5.32 Å². The van der Waals surface area contributed by atoms with Gasteiger partial charge < -0.3 is 10.2 Å². The molecule has 2 rings (SSSR count). The van der Waals surface area contributed by atoms with Crippen LogP contribution >= 0.6 is 15.9 Å². The summed E-state index contributed by atoms with van der Waals surface area (Å²) >= 11 is 3.31. The van der Waals surface area contributed by atoms with E-state index >= 15 is 0 Å². The summed E-state index contributed by atoms with van der Waals surface area (Å²) in [5.74, 6) is 0.460. The molecule has 4 heteroatoms. The summed E-state index contributed by atoms with van der Waals surface area (Å²) in [6.07, 6.45) is 1.17. The van der Waals surface area contributed by atoms with Gasteiger partial charge in [0.2, 0.25) is 0 Å². The highest BCUT2D eigenvalue weighted by molar-refractivity contribution is 9.10. The fraction of sp³-hybridized carbons (Fsp3) is 0.625. The van der Waals surface area contributed by atoms with Gasteiger partial charge in [0.25, 0.3) is 0 Å². The van der Waals surface area contributed by atoms with Crippen molar-refractivity contribution in [2.75, 3.05) is 18.0 Å². The van der Waals surface area contributed by atoms with Gasteiger partial charge in [-0.2, -0.15) is 0 Å². The molecule has 1 fully saturated rings. The van der Waals surface area contributed by atoms with E-state index in [0.717, 1.165) is 24.3 Å². The monoisotopic (exact) mass is 342 g/mol. The topological polar surface area (TPSA) is 15.3 Å². The molecule has 1 saturated heterocycles. The summed E-state index contributed by atoms with van der Waals surface area (Å²) in [5, 5.41) is 3.64. The Labute approximate surface area is 129 Å². The molecule has 0 aromatic heterocycles. The van der Waals surface area contributed by atoms with E-state index in [4.69, 9.17) is 0 Å². The Morgan fingerprint density at radius 3 is 2.85 bits per heavy atom. The SMILES string of the molecule is CCC(C)C1CN(c2cc(Br)c(F)cc2C)C(C)CN1. The maximum atomic E-state index is 13.6. The molecular formula is C16H24BrFN2. The van der Waals surface area contributed by atoms with Crippen molar-refractivity contribution in [1.29, 1.82) is 0 Å². The molecule has 112 valence electrons. The molecule has 0 aliphatic carbocycles. The van der Waals surface area contributed by atoms with Crippen LogP contribution in [0.4, 0.5) is 10.1 Å². The Bertz CT molecular complexity index is 478.